The number of aromatic nitrogens is 1. The molecule has 0 bridgehead atoms. The highest BCUT2D eigenvalue weighted by molar-refractivity contribution is 5.74. The summed E-state index contributed by atoms with van der Waals surface area (Å²) >= 11 is 0. The standard InChI is InChI=1S/C19H30N4O2/c1-2-22(15-17-5-9-20-10-6-17)18(24)21-16-19(7-3-4-8-19)23-11-13-25-14-12-23/h5-6,9-10H,2-4,7-8,11-16H2,1H3,(H,21,24). The van der Waals surface area contributed by atoms with Crippen LogP contribution in [0.25, 0.3) is 0 Å². The number of ether oxygens (including phenoxy) is 1. The van der Waals surface area contributed by atoms with Gasteiger partial charge >= 0.3 is 6.03 Å². The molecule has 1 saturated carbocycles. The number of carbonyl (C=O) groups is 1. The number of nitrogens with one attached hydrogen (secondary N) is 1. The van der Waals surface area contributed by atoms with Crippen molar-refractivity contribution >= 4 is 6.03 Å². The van der Waals surface area contributed by atoms with E-state index < -0.39 is 0 Å². The number of carbonyl (C=O) groups excluding carboxylic acids is 1. The molecular formula is C19H30N4O2. The minimum absolute atomic E-state index is 0.0267. The Morgan fingerprint density at radius 3 is 2.60 bits per heavy atom. The van der Waals surface area contributed by atoms with E-state index in [0.717, 1.165) is 38.4 Å². The van der Waals surface area contributed by atoms with Gasteiger partial charge in [-0.05, 0) is 37.5 Å². The molecule has 138 valence electrons. The molecular weight excluding hydrogens is 316 g/mol. The molecule has 25 heavy (non-hydrogen) atoms. The van der Waals surface area contributed by atoms with Crippen LogP contribution in [0.15, 0.2) is 24.5 Å². The van der Waals surface area contributed by atoms with Crippen LogP contribution in [0.3, 0.4) is 0 Å². The number of rotatable bonds is 6. The maximum Gasteiger partial charge on any atom is 0.317 e. The first-order valence-electron chi connectivity index (χ1n) is 9.48. The zero-order valence-corrected chi connectivity index (χ0v) is 15.2. The predicted molar refractivity (Wildman–Crippen MR) is 97.3 cm³/mol. The Kier molecular flexibility index (Phi) is 6.26. The third kappa shape index (κ3) is 4.50. The van der Waals surface area contributed by atoms with Crippen LogP contribution in [0.1, 0.15) is 38.2 Å². The van der Waals surface area contributed by atoms with E-state index in [1.165, 1.54) is 25.7 Å². The minimum Gasteiger partial charge on any atom is -0.379 e. The Bertz CT molecular complexity index is 540. The normalized spacial score (nSPS) is 20.4. The second-order valence-corrected chi connectivity index (χ2v) is 7.06. The van der Waals surface area contributed by atoms with Crippen molar-refractivity contribution in [2.75, 3.05) is 39.4 Å². The smallest absolute Gasteiger partial charge is 0.317 e. The van der Waals surface area contributed by atoms with Crippen LogP contribution in [0.4, 0.5) is 4.79 Å². The average Bonchev–Trinajstić information content (AvgIpc) is 3.16. The van der Waals surface area contributed by atoms with Gasteiger partial charge in [0.1, 0.15) is 0 Å². The fourth-order valence-corrected chi connectivity index (χ4v) is 4.06. The summed E-state index contributed by atoms with van der Waals surface area (Å²) < 4.78 is 5.51. The van der Waals surface area contributed by atoms with Gasteiger partial charge in [0, 0.05) is 50.7 Å². The SMILES string of the molecule is CCN(Cc1ccncc1)C(=O)NCC1(N2CCOCC2)CCCC1. The van der Waals surface area contributed by atoms with Crippen molar-refractivity contribution in [3.63, 3.8) is 0 Å². The Labute approximate surface area is 150 Å². The van der Waals surface area contributed by atoms with Gasteiger partial charge in [-0.3, -0.25) is 9.88 Å². The zero-order valence-electron chi connectivity index (χ0n) is 15.2. The van der Waals surface area contributed by atoms with E-state index >= 15 is 0 Å². The Balaban J connectivity index is 1.58. The second kappa shape index (κ2) is 8.63. The largest absolute Gasteiger partial charge is 0.379 e. The summed E-state index contributed by atoms with van der Waals surface area (Å²) in [5.41, 5.74) is 1.23. The molecule has 1 N–H and O–H groups in total. The second-order valence-electron chi connectivity index (χ2n) is 7.06. The maximum absolute atomic E-state index is 12.7. The summed E-state index contributed by atoms with van der Waals surface area (Å²) in [6.07, 6.45) is 8.39. The fourth-order valence-electron chi connectivity index (χ4n) is 4.06. The summed E-state index contributed by atoms with van der Waals surface area (Å²) in [6, 6.07) is 3.95. The molecule has 0 spiro atoms. The number of pyridine rings is 1. The van der Waals surface area contributed by atoms with Crippen molar-refractivity contribution in [1.82, 2.24) is 20.1 Å². The Morgan fingerprint density at radius 1 is 1.28 bits per heavy atom. The summed E-state index contributed by atoms with van der Waals surface area (Å²) in [5.74, 6) is 0. The van der Waals surface area contributed by atoms with Crippen molar-refractivity contribution in [2.45, 2.75) is 44.7 Å². The molecule has 2 heterocycles. The molecule has 2 amide bonds. The Morgan fingerprint density at radius 2 is 1.96 bits per heavy atom. The van der Waals surface area contributed by atoms with E-state index in [9.17, 15) is 4.79 Å². The topological polar surface area (TPSA) is 57.7 Å². The highest BCUT2D eigenvalue weighted by Crippen LogP contribution is 2.35. The van der Waals surface area contributed by atoms with Crippen LogP contribution >= 0.6 is 0 Å². The molecule has 0 unspecified atom stereocenters. The van der Waals surface area contributed by atoms with Gasteiger partial charge in [0.05, 0.1) is 13.2 Å². The lowest BCUT2D eigenvalue weighted by molar-refractivity contribution is -0.0197. The van der Waals surface area contributed by atoms with Crippen molar-refractivity contribution < 1.29 is 9.53 Å². The third-order valence-corrected chi connectivity index (χ3v) is 5.58. The van der Waals surface area contributed by atoms with Crippen LogP contribution in [0.5, 0.6) is 0 Å². The average molecular weight is 346 g/mol. The maximum atomic E-state index is 12.7. The van der Waals surface area contributed by atoms with Gasteiger partial charge in [-0.15, -0.1) is 0 Å². The van der Waals surface area contributed by atoms with Gasteiger partial charge < -0.3 is 15.0 Å². The predicted octanol–water partition coefficient (Wildman–Crippen LogP) is 2.26. The molecule has 6 heteroatoms. The summed E-state index contributed by atoms with van der Waals surface area (Å²) in [5, 5.41) is 3.22. The van der Waals surface area contributed by atoms with E-state index in [1.54, 1.807) is 12.4 Å². The molecule has 0 atom stereocenters. The van der Waals surface area contributed by atoms with Crippen molar-refractivity contribution in [2.24, 2.45) is 0 Å². The third-order valence-electron chi connectivity index (χ3n) is 5.58. The van der Waals surface area contributed by atoms with E-state index in [0.29, 0.717) is 13.1 Å². The summed E-state index contributed by atoms with van der Waals surface area (Å²) in [4.78, 5) is 21.2. The van der Waals surface area contributed by atoms with Crippen molar-refractivity contribution in [3.8, 4) is 0 Å². The van der Waals surface area contributed by atoms with Crippen LogP contribution in [-0.2, 0) is 11.3 Å². The molecule has 1 saturated heterocycles. The molecule has 1 aromatic rings. The summed E-state index contributed by atoms with van der Waals surface area (Å²) in [6.45, 7) is 7.63. The molecule has 3 rings (SSSR count). The number of hydrogen-bond acceptors (Lipinski definition) is 4. The number of morpholine rings is 1. The monoisotopic (exact) mass is 346 g/mol. The number of amides is 2. The van der Waals surface area contributed by atoms with Gasteiger partial charge in [-0.1, -0.05) is 12.8 Å². The van der Waals surface area contributed by atoms with Gasteiger partial charge in [-0.2, -0.15) is 0 Å². The number of urea groups is 1. The lowest BCUT2D eigenvalue weighted by atomic mass is 9.94. The first-order chi connectivity index (χ1) is 12.2. The van der Waals surface area contributed by atoms with E-state index in [1.807, 2.05) is 24.0 Å². The molecule has 1 aliphatic carbocycles. The van der Waals surface area contributed by atoms with Gasteiger partial charge in [-0.25, -0.2) is 4.79 Å². The Hall–Kier alpha value is -1.66. The van der Waals surface area contributed by atoms with E-state index in [4.69, 9.17) is 4.74 Å². The van der Waals surface area contributed by atoms with Crippen LogP contribution < -0.4 is 5.32 Å². The first-order valence-corrected chi connectivity index (χ1v) is 9.48. The molecule has 1 aromatic heterocycles. The molecule has 2 fully saturated rings. The lowest BCUT2D eigenvalue weighted by Crippen LogP contribution is -2.58. The quantitative estimate of drug-likeness (QED) is 0.858. The lowest BCUT2D eigenvalue weighted by Gasteiger charge is -2.43. The minimum atomic E-state index is 0.0267. The molecule has 6 nitrogen and oxygen atoms in total. The van der Waals surface area contributed by atoms with E-state index in [2.05, 4.69) is 15.2 Å². The van der Waals surface area contributed by atoms with Gasteiger partial charge in [0.2, 0.25) is 0 Å². The van der Waals surface area contributed by atoms with Crippen LogP contribution in [0.2, 0.25) is 0 Å². The highest BCUT2D eigenvalue weighted by Gasteiger charge is 2.40. The summed E-state index contributed by atoms with van der Waals surface area (Å²) in [7, 11) is 0. The van der Waals surface area contributed by atoms with E-state index in [-0.39, 0.29) is 11.6 Å². The fraction of sp³-hybridized carbons (Fsp3) is 0.684. The number of hydrogen-bond donors (Lipinski definition) is 1. The van der Waals surface area contributed by atoms with Gasteiger partial charge in [0.15, 0.2) is 0 Å². The first kappa shape index (κ1) is 18.1. The molecule has 1 aliphatic heterocycles. The van der Waals surface area contributed by atoms with Crippen LogP contribution in [-0.4, -0.2) is 65.7 Å². The number of nitrogens with zero attached hydrogens (tertiary/aromatic N) is 3. The van der Waals surface area contributed by atoms with Crippen LogP contribution in [0, 0.1) is 0 Å². The molecule has 0 aromatic carbocycles. The van der Waals surface area contributed by atoms with Crippen molar-refractivity contribution in [1.29, 1.82) is 0 Å². The zero-order chi connectivity index (χ0) is 17.5. The molecule has 0 radical (unpaired) electrons. The molecule has 2 aliphatic rings. The van der Waals surface area contributed by atoms with Gasteiger partial charge in [0.25, 0.3) is 0 Å². The van der Waals surface area contributed by atoms with Crippen molar-refractivity contribution in [3.05, 3.63) is 30.1 Å². The highest BCUT2D eigenvalue weighted by atomic mass is 16.5.